The minimum absolute atomic E-state index is 0.272. The highest BCUT2D eigenvalue weighted by atomic mass is 16.5. The smallest absolute Gasteiger partial charge is 0.334 e. The van der Waals surface area contributed by atoms with E-state index in [0.29, 0.717) is 6.61 Å². The van der Waals surface area contributed by atoms with Gasteiger partial charge in [-0.3, -0.25) is 4.68 Å². The van der Waals surface area contributed by atoms with Crippen molar-refractivity contribution in [3.05, 3.63) is 59.4 Å². The number of esters is 1. The number of carbonyl (C=O) groups is 1. The van der Waals surface area contributed by atoms with E-state index in [9.17, 15) is 4.79 Å². The van der Waals surface area contributed by atoms with Crippen LogP contribution in [0.25, 0.3) is 0 Å². The lowest BCUT2D eigenvalue weighted by atomic mass is 10.1. The van der Waals surface area contributed by atoms with Crippen molar-refractivity contribution in [1.82, 2.24) is 4.68 Å². The lowest BCUT2D eigenvalue weighted by Crippen LogP contribution is -2.30. The van der Waals surface area contributed by atoms with Crippen LogP contribution in [0.4, 0.5) is 0 Å². The summed E-state index contributed by atoms with van der Waals surface area (Å²) in [5.74, 6) is -0.272. The third kappa shape index (κ3) is 3.02. The maximum atomic E-state index is 12.2. The number of aromatic nitrogens is 1. The Hall–Kier alpha value is -2.23. The topological polar surface area (TPSA) is 43.3 Å². The van der Waals surface area contributed by atoms with Gasteiger partial charge in [0.15, 0.2) is 6.04 Å². The summed E-state index contributed by atoms with van der Waals surface area (Å²) in [6, 6.07) is 13.1. The molecular formula is C16H20N2O2. The lowest BCUT2D eigenvalue weighted by molar-refractivity contribution is -0.144. The Kier molecular flexibility index (Phi) is 4.45. The molecule has 0 amide bonds. The second kappa shape index (κ2) is 6.28. The minimum atomic E-state index is -0.513. The average molecular weight is 272 g/mol. The van der Waals surface area contributed by atoms with Gasteiger partial charge in [-0.1, -0.05) is 30.3 Å². The average Bonchev–Trinajstić information content (AvgIpc) is 2.77. The fourth-order valence-corrected chi connectivity index (χ4v) is 2.14. The standard InChI is InChI=1S/C16H20N2O2/c1-4-20-16(19)15(14-8-6-5-7-9-14)17-18-12(2)10-11-13(18)3/h5-11,15,17H,4H2,1-3H3. The summed E-state index contributed by atoms with van der Waals surface area (Å²) in [5.41, 5.74) is 6.22. The van der Waals surface area contributed by atoms with Gasteiger partial charge in [-0.05, 0) is 38.5 Å². The predicted octanol–water partition coefficient (Wildman–Crippen LogP) is 2.95. The Morgan fingerprint density at radius 3 is 2.30 bits per heavy atom. The van der Waals surface area contributed by atoms with Crippen molar-refractivity contribution in [2.75, 3.05) is 12.0 Å². The van der Waals surface area contributed by atoms with Gasteiger partial charge in [-0.25, -0.2) is 4.79 Å². The minimum Gasteiger partial charge on any atom is -0.464 e. The van der Waals surface area contributed by atoms with Crippen LogP contribution in [0.2, 0.25) is 0 Å². The molecule has 1 N–H and O–H groups in total. The van der Waals surface area contributed by atoms with Crippen LogP contribution < -0.4 is 5.43 Å². The van der Waals surface area contributed by atoms with Crippen molar-refractivity contribution in [2.24, 2.45) is 0 Å². The van der Waals surface area contributed by atoms with Gasteiger partial charge in [0.05, 0.1) is 6.61 Å². The van der Waals surface area contributed by atoms with Crippen LogP contribution in [-0.4, -0.2) is 17.3 Å². The molecule has 2 rings (SSSR count). The number of aryl methyl sites for hydroxylation is 2. The van der Waals surface area contributed by atoms with E-state index in [0.717, 1.165) is 17.0 Å². The van der Waals surface area contributed by atoms with Gasteiger partial charge in [0, 0.05) is 11.4 Å². The van der Waals surface area contributed by atoms with E-state index in [1.54, 1.807) is 0 Å². The first kappa shape index (κ1) is 14.2. The highest BCUT2D eigenvalue weighted by Gasteiger charge is 2.22. The Morgan fingerprint density at radius 1 is 1.15 bits per heavy atom. The van der Waals surface area contributed by atoms with Gasteiger partial charge in [0.1, 0.15) is 0 Å². The molecule has 1 unspecified atom stereocenters. The normalized spacial score (nSPS) is 11.9. The number of benzene rings is 1. The number of nitrogens with zero attached hydrogens (tertiary/aromatic N) is 1. The molecule has 20 heavy (non-hydrogen) atoms. The van der Waals surface area contributed by atoms with Gasteiger partial charge >= 0.3 is 5.97 Å². The number of nitrogens with one attached hydrogen (secondary N) is 1. The monoisotopic (exact) mass is 272 g/mol. The summed E-state index contributed by atoms with van der Waals surface area (Å²) >= 11 is 0. The molecule has 0 aliphatic carbocycles. The van der Waals surface area contributed by atoms with Gasteiger partial charge in [-0.15, -0.1) is 0 Å². The second-order valence-electron chi connectivity index (χ2n) is 4.68. The van der Waals surface area contributed by atoms with Crippen molar-refractivity contribution in [3.8, 4) is 0 Å². The summed E-state index contributed by atoms with van der Waals surface area (Å²) in [7, 11) is 0. The molecule has 0 spiro atoms. The molecule has 0 saturated carbocycles. The highest BCUT2D eigenvalue weighted by molar-refractivity contribution is 5.79. The van der Waals surface area contributed by atoms with Crippen molar-refractivity contribution in [3.63, 3.8) is 0 Å². The van der Waals surface area contributed by atoms with E-state index in [1.165, 1.54) is 0 Å². The molecule has 4 heteroatoms. The number of hydrogen-bond acceptors (Lipinski definition) is 3. The van der Waals surface area contributed by atoms with E-state index in [-0.39, 0.29) is 5.97 Å². The molecule has 106 valence electrons. The fourth-order valence-electron chi connectivity index (χ4n) is 2.14. The molecule has 1 aromatic heterocycles. The maximum absolute atomic E-state index is 12.2. The molecule has 1 atom stereocenters. The van der Waals surface area contributed by atoms with Crippen molar-refractivity contribution in [2.45, 2.75) is 26.8 Å². The Labute approximate surface area is 119 Å². The van der Waals surface area contributed by atoms with Gasteiger partial charge in [0.25, 0.3) is 0 Å². The van der Waals surface area contributed by atoms with E-state index in [2.05, 4.69) is 5.43 Å². The van der Waals surface area contributed by atoms with Crippen LogP contribution in [-0.2, 0) is 9.53 Å². The SMILES string of the molecule is CCOC(=O)C(Nn1c(C)ccc1C)c1ccccc1. The third-order valence-corrected chi connectivity index (χ3v) is 3.18. The zero-order valence-electron chi connectivity index (χ0n) is 12.1. The van der Waals surface area contributed by atoms with Crippen LogP contribution in [0.3, 0.4) is 0 Å². The van der Waals surface area contributed by atoms with Crippen LogP contribution >= 0.6 is 0 Å². The zero-order chi connectivity index (χ0) is 14.5. The maximum Gasteiger partial charge on any atom is 0.334 e. The first-order valence-electron chi connectivity index (χ1n) is 6.76. The Bertz CT molecular complexity index is 556. The molecule has 0 fully saturated rings. The molecule has 0 aliphatic rings. The van der Waals surface area contributed by atoms with E-state index in [4.69, 9.17) is 4.74 Å². The molecule has 1 aromatic carbocycles. The van der Waals surface area contributed by atoms with Crippen molar-refractivity contribution >= 4 is 5.97 Å². The van der Waals surface area contributed by atoms with Crippen LogP contribution in [0.15, 0.2) is 42.5 Å². The molecule has 0 bridgehead atoms. The molecule has 0 radical (unpaired) electrons. The van der Waals surface area contributed by atoms with E-state index < -0.39 is 6.04 Å². The van der Waals surface area contributed by atoms with E-state index in [1.807, 2.05) is 67.9 Å². The van der Waals surface area contributed by atoms with Gasteiger partial charge in [0.2, 0.25) is 0 Å². The van der Waals surface area contributed by atoms with Crippen molar-refractivity contribution in [1.29, 1.82) is 0 Å². The summed E-state index contributed by atoms with van der Waals surface area (Å²) in [6.07, 6.45) is 0. The Morgan fingerprint density at radius 2 is 1.75 bits per heavy atom. The molecule has 0 saturated heterocycles. The molecule has 2 aromatic rings. The van der Waals surface area contributed by atoms with Crippen LogP contribution in [0, 0.1) is 13.8 Å². The number of rotatable bonds is 5. The molecule has 4 nitrogen and oxygen atoms in total. The summed E-state index contributed by atoms with van der Waals surface area (Å²) in [6.45, 7) is 6.17. The summed E-state index contributed by atoms with van der Waals surface area (Å²) < 4.78 is 7.08. The first-order valence-corrected chi connectivity index (χ1v) is 6.76. The fraction of sp³-hybridized carbons (Fsp3) is 0.312. The molecule has 0 aliphatic heterocycles. The predicted molar refractivity (Wildman–Crippen MR) is 79.1 cm³/mol. The highest BCUT2D eigenvalue weighted by Crippen LogP contribution is 2.17. The number of ether oxygens (including phenoxy) is 1. The summed E-state index contributed by atoms with van der Waals surface area (Å²) in [5, 5.41) is 0. The quantitative estimate of drug-likeness (QED) is 0.851. The number of hydrogen-bond donors (Lipinski definition) is 1. The third-order valence-electron chi connectivity index (χ3n) is 3.18. The van der Waals surface area contributed by atoms with Crippen LogP contribution in [0.1, 0.15) is 29.9 Å². The largest absolute Gasteiger partial charge is 0.464 e. The first-order chi connectivity index (χ1) is 9.63. The molecular weight excluding hydrogens is 252 g/mol. The molecule has 1 heterocycles. The lowest BCUT2D eigenvalue weighted by Gasteiger charge is -2.21. The Balaban J connectivity index is 2.30. The van der Waals surface area contributed by atoms with E-state index >= 15 is 0 Å². The summed E-state index contributed by atoms with van der Waals surface area (Å²) in [4.78, 5) is 12.2. The van der Waals surface area contributed by atoms with Crippen molar-refractivity contribution < 1.29 is 9.53 Å². The zero-order valence-corrected chi connectivity index (χ0v) is 12.1. The van der Waals surface area contributed by atoms with Gasteiger partial charge in [-0.2, -0.15) is 0 Å². The van der Waals surface area contributed by atoms with Gasteiger partial charge < -0.3 is 10.2 Å². The second-order valence-corrected chi connectivity index (χ2v) is 4.68. The number of carbonyl (C=O) groups excluding carboxylic acids is 1. The van der Waals surface area contributed by atoms with Crippen LogP contribution in [0.5, 0.6) is 0 Å².